The van der Waals surface area contributed by atoms with E-state index < -0.39 is 0 Å². The first-order chi connectivity index (χ1) is 8.86. The third-order valence-corrected chi connectivity index (χ3v) is 5.16. The van der Waals surface area contributed by atoms with Crippen LogP contribution in [0.1, 0.15) is 51.4 Å². The van der Waals surface area contributed by atoms with Gasteiger partial charge in [0.05, 0.1) is 13.2 Å². The second kappa shape index (κ2) is 5.89. The van der Waals surface area contributed by atoms with Crippen LogP contribution in [-0.4, -0.2) is 44.0 Å². The van der Waals surface area contributed by atoms with Crippen LogP contribution in [0.5, 0.6) is 0 Å². The van der Waals surface area contributed by atoms with E-state index in [-0.39, 0.29) is 6.29 Å². The van der Waals surface area contributed by atoms with E-state index in [1.165, 1.54) is 51.6 Å². The minimum atomic E-state index is 0.0705. The molecule has 18 heavy (non-hydrogen) atoms. The smallest absolute Gasteiger partial charge is 0.158 e. The first-order valence-corrected chi connectivity index (χ1v) is 7.82. The molecule has 2 heterocycles. The molecule has 0 unspecified atom stereocenters. The highest BCUT2D eigenvalue weighted by atomic mass is 16.7. The van der Waals surface area contributed by atoms with E-state index in [1.807, 2.05) is 0 Å². The average molecular weight is 253 g/mol. The number of piperidine rings is 1. The van der Waals surface area contributed by atoms with Gasteiger partial charge in [-0.05, 0) is 50.6 Å². The van der Waals surface area contributed by atoms with Crippen molar-refractivity contribution in [1.29, 1.82) is 0 Å². The van der Waals surface area contributed by atoms with Gasteiger partial charge in [0.15, 0.2) is 6.29 Å². The van der Waals surface area contributed by atoms with Crippen molar-refractivity contribution in [3.8, 4) is 0 Å². The lowest BCUT2D eigenvalue weighted by atomic mass is 9.77. The lowest BCUT2D eigenvalue weighted by molar-refractivity contribution is -0.183. The van der Waals surface area contributed by atoms with Crippen LogP contribution in [0.25, 0.3) is 0 Å². The molecule has 0 aromatic carbocycles. The van der Waals surface area contributed by atoms with Gasteiger partial charge in [0.25, 0.3) is 0 Å². The lowest BCUT2D eigenvalue weighted by Gasteiger charge is -2.39. The highest BCUT2D eigenvalue weighted by Crippen LogP contribution is 2.46. The Bertz CT molecular complexity index is 247. The Hall–Kier alpha value is -0.120. The molecule has 3 fully saturated rings. The Labute approximate surface area is 111 Å². The van der Waals surface area contributed by atoms with E-state index in [1.54, 1.807) is 0 Å². The van der Waals surface area contributed by atoms with Crippen molar-refractivity contribution in [2.75, 3.05) is 32.8 Å². The Balaban J connectivity index is 1.37. The number of nitrogens with zero attached hydrogens (tertiary/aromatic N) is 1. The maximum atomic E-state index is 5.61. The predicted molar refractivity (Wildman–Crippen MR) is 71.5 cm³/mol. The molecule has 3 nitrogen and oxygen atoms in total. The molecule has 1 aliphatic carbocycles. The summed E-state index contributed by atoms with van der Waals surface area (Å²) < 4.78 is 11.2. The molecule has 104 valence electrons. The molecule has 0 radical (unpaired) electrons. The largest absolute Gasteiger partial charge is 0.353 e. The van der Waals surface area contributed by atoms with Crippen molar-refractivity contribution in [1.82, 2.24) is 4.90 Å². The fourth-order valence-electron chi connectivity index (χ4n) is 3.87. The van der Waals surface area contributed by atoms with Crippen molar-refractivity contribution in [3.05, 3.63) is 0 Å². The second-order valence-corrected chi connectivity index (χ2v) is 6.36. The molecule has 0 amide bonds. The average Bonchev–Trinajstić information content (AvgIpc) is 2.88. The maximum Gasteiger partial charge on any atom is 0.158 e. The SMILES string of the molecule is C1COC(CCN2CCC3(CCCC3)CC2)OC1. The molecule has 0 bridgehead atoms. The molecule has 1 saturated carbocycles. The van der Waals surface area contributed by atoms with Crippen molar-refractivity contribution in [3.63, 3.8) is 0 Å². The third-order valence-electron chi connectivity index (χ3n) is 5.16. The number of rotatable bonds is 3. The van der Waals surface area contributed by atoms with E-state index in [2.05, 4.69) is 4.90 Å². The predicted octanol–water partition coefficient (Wildman–Crippen LogP) is 2.80. The number of likely N-dealkylation sites (tertiary alicyclic amines) is 1. The normalized spacial score (nSPS) is 30.0. The summed E-state index contributed by atoms with van der Waals surface area (Å²) in [6.07, 6.45) is 11.0. The summed E-state index contributed by atoms with van der Waals surface area (Å²) in [7, 11) is 0. The lowest BCUT2D eigenvalue weighted by Crippen LogP contribution is -2.40. The first-order valence-electron chi connectivity index (χ1n) is 7.82. The summed E-state index contributed by atoms with van der Waals surface area (Å²) >= 11 is 0. The topological polar surface area (TPSA) is 21.7 Å². The van der Waals surface area contributed by atoms with Gasteiger partial charge >= 0.3 is 0 Å². The summed E-state index contributed by atoms with van der Waals surface area (Å²) in [5.41, 5.74) is 0.744. The first kappa shape index (κ1) is 12.9. The fraction of sp³-hybridized carbons (Fsp3) is 1.00. The summed E-state index contributed by atoms with van der Waals surface area (Å²) in [6, 6.07) is 0. The van der Waals surface area contributed by atoms with Crippen molar-refractivity contribution >= 4 is 0 Å². The maximum absolute atomic E-state index is 5.61. The molecule has 3 heteroatoms. The van der Waals surface area contributed by atoms with Gasteiger partial charge < -0.3 is 14.4 Å². The van der Waals surface area contributed by atoms with Crippen molar-refractivity contribution in [2.45, 2.75) is 57.7 Å². The molecule has 2 aliphatic heterocycles. The Kier molecular flexibility index (Phi) is 4.22. The van der Waals surface area contributed by atoms with E-state index in [0.29, 0.717) is 0 Å². The highest BCUT2D eigenvalue weighted by Gasteiger charge is 2.36. The molecule has 1 spiro atoms. The van der Waals surface area contributed by atoms with Crippen LogP contribution in [0.4, 0.5) is 0 Å². The Morgan fingerprint density at radius 2 is 1.56 bits per heavy atom. The summed E-state index contributed by atoms with van der Waals surface area (Å²) in [4.78, 5) is 2.62. The fourth-order valence-corrected chi connectivity index (χ4v) is 3.87. The monoisotopic (exact) mass is 253 g/mol. The molecule has 3 aliphatic rings. The van der Waals surface area contributed by atoms with Gasteiger partial charge in [-0.15, -0.1) is 0 Å². The van der Waals surface area contributed by atoms with Gasteiger partial charge in [-0.3, -0.25) is 0 Å². The van der Waals surface area contributed by atoms with Gasteiger partial charge in [-0.2, -0.15) is 0 Å². The molecule has 0 N–H and O–H groups in total. The Morgan fingerprint density at radius 3 is 2.22 bits per heavy atom. The van der Waals surface area contributed by atoms with Crippen LogP contribution in [0.2, 0.25) is 0 Å². The van der Waals surface area contributed by atoms with E-state index in [0.717, 1.165) is 38.0 Å². The number of hydrogen-bond acceptors (Lipinski definition) is 3. The van der Waals surface area contributed by atoms with Crippen LogP contribution in [-0.2, 0) is 9.47 Å². The van der Waals surface area contributed by atoms with E-state index >= 15 is 0 Å². The van der Waals surface area contributed by atoms with E-state index in [4.69, 9.17) is 9.47 Å². The number of ether oxygens (including phenoxy) is 2. The molecule has 0 atom stereocenters. The highest BCUT2D eigenvalue weighted by molar-refractivity contribution is 4.89. The van der Waals surface area contributed by atoms with Gasteiger partial charge in [-0.25, -0.2) is 0 Å². The molecule has 0 aromatic heterocycles. The van der Waals surface area contributed by atoms with Crippen molar-refractivity contribution in [2.24, 2.45) is 5.41 Å². The molecule has 0 aromatic rings. The molecular weight excluding hydrogens is 226 g/mol. The standard InChI is InChI=1S/C15H27NO2/c1-2-6-15(5-1)7-10-16(11-8-15)9-4-14-17-12-3-13-18-14/h14H,1-13H2. The third kappa shape index (κ3) is 3.06. The zero-order chi connectivity index (χ0) is 12.3. The molecule has 2 saturated heterocycles. The molecular formula is C15H27NO2. The minimum Gasteiger partial charge on any atom is -0.353 e. The van der Waals surface area contributed by atoms with Crippen LogP contribution >= 0.6 is 0 Å². The van der Waals surface area contributed by atoms with Crippen LogP contribution in [0, 0.1) is 5.41 Å². The Morgan fingerprint density at radius 1 is 0.889 bits per heavy atom. The van der Waals surface area contributed by atoms with Crippen LogP contribution < -0.4 is 0 Å². The van der Waals surface area contributed by atoms with Crippen molar-refractivity contribution < 1.29 is 9.47 Å². The van der Waals surface area contributed by atoms with Crippen LogP contribution in [0.15, 0.2) is 0 Å². The summed E-state index contributed by atoms with van der Waals surface area (Å²) in [5.74, 6) is 0. The minimum absolute atomic E-state index is 0.0705. The van der Waals surface area contributed by atoms with Gasteiger partial charge in [0, 0.05) is 13.0 Å². The second-order valence-electron chi connectivity index (χ2n) is 6.36. The van der Waals surface area contributed by atoms with Crippen LogP contribution in [0.3, 0.4) is 0 Å². The quantitative estimate of drug-likeness (QED) is 0.772. The number of hydrogen-bond donors (Lipinski definition) is 0. The van der Waals surface area contributed by atoms with Gasteiger partial charge in [0.2, 0.25) is 0 Å². The van der Waals surface area contributed by atoms with Gasteiger partial charge in [-0.1, -0.05) is 12.8 Å². The van der Waals surface area contributed by atoms with Gasteiger partial charge in [0.1, 0.15) is 0 Å². The summed E-state index contributed by atoms with van der Waals surface area (Å²) in [6.45, 7) is 5.52. The summed E-state index contributed by atoms with van der Waals surface area (Å²) in [5, 5.41) is 0. The molecule has 3 rings (SSSR count). The zero-order valence-electron chi connectivity index (χ0n) is 11.5. The zero-order valence-corrected chi connectivity index (χ0v) is 11.5. The van der Waals surface area contributed by atoms with E-state index in [9.17, 15) is 0 Å².